The summed E-state index contributed by atoms with van der Waals surface area (Å²) >= 11 is 0. The minimum atomic E-state index is -3.93. The van der Waals surface area contributed by atoms with Crippen LogP contribution in [0.4, 0.5) is 5.69 Å². The Morgan fingerprint density at radius 1 is 1.38 bits per heavy atom. The van der Waals surface area contributed by atoms with E-state index < -0.39 is 20.6 Å². The van der Waals surface area contributed by atoms with E-state index in [1.165, 1.54) is 12.1 Å². The molecule has 0 radical (unpaired) electrons. The predicted molar refractivity (Wildman–Crippen MR) is 83.3 cm³/mol. The molecule has 120 valence electrons. The van der Waals surface area contributed by atoms with E-state index in [-0.39, 0.29) is 29.9 Å². The lowest BCUT2D eigenvalue weighted by atomic mass is 10.1. The van der Waals surface area contributed by atoms with Gasteiger partial charge < -0.3 is 5.73 Å². The number of benzene rings is 1. The van der Waals surface area contributed by atoms with Gasteiger partial charge in [-0.1, -0.05) is 6.07 Å². The molecule has 0 aromatic heterocycles. The van der Waals surface area contributed by atoms with Crippen LogP contribution in [0.1, 0.15) is 24.5 Å². The monoisotopic (exact) mass is 337 g/mol. The van der Waals surface area contributed by atoms with Gasteiger partial charge in [0.05, 0.1) is 4.92 Å². The van der Waals surface area contributed by atoms with E-state index in [4.69, 9.17) is 5.73 Å². The number of rotatable bonds is 6. The molecule has 1 atom stereocenters. The Balaban J connectivity index is 0.00000400. The Morgan fingerprint density at radius 3 is 2.43 bits per heavy atom. The van der Waals surface area contributed by atoms with Crippen molar-refractivity contribution in [2.75, 3.05) is 6.54 Å². The number of hydrogen-bond donors (Lipinski definition) is 2. The van der Waals surface area contributed by atoms with Crippen LogP contribution in [-0.2, 0) is 10.0 Å². The minimum Gasteiger partial charge on any atom is -0.328 e. The van der Waals surface area contributed by atoms with Crippen LogP contribution < -0.4 is 10.5 Å². The molecule has 0 amide bonds. The fourth-order valence-electron chi connectivity index (χ4n) is 1.75. The Labute approximate surface area is 130 Å². The normalized spacial score (nSPS) is 12.6. The van der Waals surface area contributed by atoms with Crippen molar-refractivity contribution in [2.45, 2.75) is 38.1 Å². The first-order chi connectivity index (χ1) is 9.16. The fraction of sp³-hybridized carbons (Fsp3) is 0.500. The first kappa shape index (κ1) is 19.8. The van der Waals surface area contributed by atoms with E-state index >= 15 is 0 Å². The maximum Gasteiger partial charge on any atom is 0.289 e. The first-order valence-electron chi connectivity index (χ1n) is 6.16. The molecule has 1 aromatic carbocycles. The third-order valence-electron chi connectivity index (χ3n) is 3.01. The fourth-order valence-corrected chi connectivity index (χ4v) is 3.26. The van der Waals surface area contributed by atoms with Gasteiger partial charge in [-0.25, -0.2) is 13.1 Å². The number of nitrogens with zero attached hydrogens (tertiary/aromatic N) is 1. The largest absolute Gasteiger partial charge is 0.328 e. The predicted octanol–water partition coefficient (Wildman–Crippen LogP) is 1.65. The molecule has 0 aliphatic heterocycles. The summed E-state index contributed by atoms with van der Waals surface area (Å²) in [7, 11) is -3.93. The molecule has 1 unspecified atom stereocenters. The topological polar surface area (TPSA) is 115 Å². The minimum absolute atomic E-state index is 0. The molecule has 3 N–H and O–H groups in total. The highest BCUT2D eigenvalue weighted by molar-refractivity contribution is 7.89. The smallest absolute Gasteiger partial charge is 0.289 e. The molecule has 1 rings (SSSR count). The van der Waals surface area contributed by atoms with Crippen molar-refractivity contribution in [3.63, 3.8) is 0 Å². The number of halogens is 1. The number of nitro benzene ring substituents is 1. The van der Waals surface area contributed by atoms with Gasteiger partial charge in [-0.3, -0.25) is 10.1 Å². The number of nitrogens with one attached hydrogen (secondary N) is 1. The summed E-state index contributed by atoms with van der Waals surface area (Å²) in [5.41, 5.74) is 6.20. The van der Waals surface area contributed by atoms with Crippen LogP contribution in [0.15, 0.2) is 17.0 Å². The number of hydrogen-bond acceptors (Lipinski definition) is 5. The zero-order chi connectivity index (χ0) is 15.5. The second-order valence-corrected chi connectivity index (χ2v) is 6.48. The lowest BCUT2D eigenvalue weighted by Gasteiger charge is -2.12. The van der Waals surface area contributed by atoms with Crippen molar-refractivity contribution in [3.8, 4) is 0 Å². The number of nitro groups is 1. The van der Waals surface area contributed by atoms with E-state index in [1.807, 2.05) is 0 Å². The molecule has 1 aromatic rings. The summed E-state index contributed by atoms with van der Waals surface area (Å²) in [6.45, 7) is 5.17. The van der Waals surface area contributed by atoms with Crippen molar-refractivity contribution in [1.29, 1.82) is 0 Å². The molecule has 0 spiro atoms. The maximum absolute atomic E-state index is 12.3. The van der Waals surface area contributed by atoms with Gasteiger partial charge in [0.1, 0.15) is 0 Å². The summed E-state index contributed by atoms with van der Waals surface area (Å²) in [5, 5.41) is 11.0. The van der Waals surface area contributed by atoms with E-state index in [9.17, 15) is 18.5 Å². The molecule has 0 heterocycles. The van der Waals surface area contributed by atoms with Gasteiger partial charge in [0.15, 0.2) is 4.90 Å². The van der Waals surface area contributed by atoms with Crippen LogP contribution in [0.2, 0.25) is 0 Å². The van der Waals surface area contributed by atoms with Gasteiger partial charge in [-0.05, 0) is 38.3 Å². The lowest BCUT2D eigenvalue weighted by Crippen LogP contribution is -2.30. The molecule has 0 aliphatic carbocycles. The van der Waals surface area contributed by atoms with Gasteiger partial charge >= 0.3 is 0 Å². The average molecular weight is 338 g/mol. The summed E-state index contributed by atoms with van der Waals surface area (Å²) < 4.78 is 26.9. The number of nitrogens with two attached hydrogens (primary N) is 1. The Hall–Kier alpha value is -1.22. The Kier molecular flexibility index (Phi) is 7.25. The molecule has 7 nitrogen and oxygen atoms in total. The highest BCUT2D eigenvalue weighted by Crippen LogP contribution is 2.29. The molecule has 0 bridgehead atoms. The SMILES string of the molecule is Cc1ccc([N+](=O)[O-])c(S(=O)(=O)NCCC(C)N)c1C.Cl. The molecule has 0 saturated carbocycles. The summed E-state index contributed by atoms with van der Waals surface area (Å²) in [5.74, 6) is 0. The van der Waals surface area contributed by atoms with Crippen LogP contribution in [-0.4, -0.2) is 25.9 Å². The molecular formula is C12H20ClN3O4S. The van der Waals surface area contributed by atoms with Gasteiger partial charge in [0, 0.05) is 18.7 Å². The van der Waals surface area contributed by atoms with Gasteiger partial charge in [-0.15, -0.1) is 12.4 Å². The third-order valence-corrected chi connectivity index (χ3v) is 4.65. The quantitative estimate of drug-likeness (QED) is 0.605. The van der Waals surface area contributed by atoms with Crippen molar-refractivity contribution < 1.29 is 13.3 Å². The lowest BCUT2D eigenvalue weighted by molar-refractivity contribution is -0.387. The van der Waals surface area contributed by atoms with Crippen molar-refractivity contribution in [2.24, 2.45) is 5.73 Å². The van der Waals surface area contributed by atoms with Crippen LogP contribution in [0.3, 0.4) is 0 Å². The zero-order valence-electron chi connectivity index (χ0n) is 12.1. The highest BCUT2D eigenvalue weighted by Gasteiger charge is 2.28. The molecule has 0 aliphatic rings. The van der Waals surface area contributed by atoms with Crippen molar-refractivity contribution >= 4 is 28.1 Å². The second kappa shape index (κ2) is 7.69. The molecule has 21 heavy (non-hydrogen) atoms. The van der Waals surface area contributed by atoms with Gasteiger partial charge in [-0.2, -0.15) is 0 Å². The standard InChI is InChI=1S/C12H19N3O4S.ClH/c1-8-4-5-11(15(16)17)12(10(8)3)20(18,19)14-7-6-9(2)13;/h4-5,9,14H,6-7,13H2,1-3H3;1H. The van der Waals surface area contributed by atoms with Crippen LogP contribution in [0.5, 0.6) is 0 Å². The van der Waals surface area contributed by atoms with Gasteiger partial charge in [0.2, 0.25) is 10.0 Å². The first-order valence-corrected chi connectivity index (χ1v) is 7.65. The Morgan fingerprint density at radius 2 is 1.95 bits per heavy atom. The summed E-state index contributed by atoms with van der Waals surface area (Å²) in [4.78, 5) is 10.0. The maximum atomic E-state index is 12.3. The number of aryl methyl sites for hydroxylation is 1. The summed E-state index contributed by atoms with van der Waals surface area (Å²) in [6.07, 6.45) is 0.456. The molecule has 0 saturated heterocycles. The third kappa shape index (κ3) is 4.92. The second-order valence-electron chi connectivity index (χ2n) is 4.78. The van der Waals surface area contributed by atoms with Crippen molar-refractivity contribution in [1.82, 2.24) is 4.72 Å². The molecular weight excluding hydrogens is 318 g/mol. The summed E-state index contributed by atoms with van der Waals surface area (Å²) in [6, 6.07) is 2.60. The zero-order valence-corrected chi connectivity index (χ0v) is 13.8. The van der Waals surface area contributed by atoms with Crippen LogP contribution in [0, 0.1) is 24.0 Å². The Bertz CT molecular complexity index is 617. The van der Waals surface area contributed by atoms with Crippen molar-refractivity contribution in [3.05, 3.63) is 33.4 Å². The molecule has 9 heteroatoms. The molecule has 0 fully saturated rings. The van der Waals surface area contributed by atoms with Crippen LogP contribution >= 0.6 is 12.4 Å². The van der Waals surface area contributed by atoms with E-state index in [2.05, 4.69) is 4.72 Å². The average Bonchev–Trinajstić information content (AvgIpc) is 2.30. The van der Waals surface area contributed by atoms with E-state index in [0.29, 0.717) is 17.5 Å². The number of sulfonamides is 1. The van der Waals surface area contributed by atoms with E-state index in [1.54, 1.807) is 20.8 Å². The van der Waals surface area contributed by atoms with E-state index in [0.717, 1.165) is 0 Å². The highest BCUT2D eigenvalue weighted by atomic mass is 35.5. The van der Waals surface area contributed by atoms with Crippen LogP contribution in [0.25, 0.3) is 0 Å². The van der Waals surface area contributed by atoms with Gasteiger partial charge in [0.25, 0.3) is 5.69 Å².